The molecule has 0 saturated carbocycles. The first-order valence-corrected chi connectivity index (χ1v) is 9.36. The van der Waals surface area contributed by atoms with Crippen molar-refractivity contribution in [3.05, 3.63) is 40.9 Å². The molecule has 0 aliphatic heterocycles. The van der Waals surface area contributed by atoms with Gasteiger partial charge in [0.2, 0.25) is 0 Å². The van der Waals surface area contributed by atoms with Gasteiger partial charge in [0.25, 0.3) is 5.91 Å². The maximum Gasteiger partial charge on any atom is 0.312 e. The molecule has 0 fully saturated rings. The van der Waals surface area contributed by atoms with Crippen molar-refractivity contribution >= 4 is 23.2 Å². The van der Waals surface area contributed by atoms with Gasteiger partial charge in [-0.1, -0.05) is 43.7 Å². The van der Waals surface area contributed by atoms with E-state index in [4.69, 9.17) is 4.74 Å². The van der Waals surface area contributed by atoms with E-state index >= 15 is 0 Å². The molecule has 1 aromatic carbocycles. The van der Waals surface area contributed by atoms with Gasteiger partial charge in [0.05, 0.1) is 12.1 Å². The summed E-state index contributed by atoms with van der Waals surface area (Å²) in [5.74, 6) is -0.707. The van der Waals surface area contributed by atoms with Crippen LogP contribution in [0.5, 0.6) is 0 Å². The third-order valence-corrected chi connectivity index (χ3v) is 4.83. The van der Waals surface area contributed by atoms with Crippen LogP contribution in [0.15, 0.2) is 29.6 Å². The predicted molar refractivity (Wildman–Crippen MR) is 99.5 cm³/mol. The van der Waals surface area contributed by atoms with Crippen molar-refractivity contribution in [1.82, 2.24) is 10.3 Å². The minimum absolute atomic E-state index is 0.0701. The number of carbonyl (C=O) groups excluding carboxylic acids is 2. The molecule has 1 N–H and O–H groups in total. The second kappa shape index (κ2) is 9.32. The van der Waals surface area contributed by atoms with Crippen molar-refractivity contribution in [3.63, 3.8) is 0 Å². The minimum atomic E-state index is -0.444. The Kier molecular flexibility index (Phi) is 7.13. The molecule has 25 heavy (non-hydrogen) atoms. The summed E-state index contributed by atoms with van der Waals surface area (Å²) in [6.07, 6.45) is 1.79. The molecule has 5 nitrogen and oxygen atoms in total. The fraction of sp³-hybridized carbons (Fsp3) is 0.421. The minimum Gasteiger partial charge on any atom is -0.455 e. The highest BCUT2D eigenvalue weighted by Crippen LogP contribution is 2.24. The number of carbonyl (C=O) groups is 2. The number of hydrogen-bond acceptors (Lipinski definition) is 5. The van der Waals surface area contributed by atoms with Crippen molar-refractivity contribution in [3.8, 4) is 10.6 Å². The smallest absolute Gasteiger partial charge is 0.312 e. The zero-order valence-electron chi connectivity index (χ0n) is 14.9. The number of esters is 1. The van der Waals surface area contributed by atoms with E-state index < -0.39 is 5.97 Å². The summed E-state index contributed by atoms with van der Waals surface area (Å²) in [6, 6.07) is 8.21. The number of aryl methyl sites for hydroxylation is 1. The van der Waals surface area contributed by atoms with Gasteiger partial charge in [-0.2, -0.15) is 0 Å². The zero-order chi connectivity index (χ0) is 18.2. The molecule has 1 heterocycles. The molecule has 2 aromatic rings. The Hall–Kier alpha value is -2.21. The third-order valence-electron chi connectivity index (χ3n) is 3.89. The van der Waals surface area contributed by atoms with Gasteiger partial charge in [-0.25, -0.2) is 4.98 Å². The summed E-state index contributed by atoms with van der Waals surface area (Å²) in [7, 11) is 0. The van der Waals surface area contributed by atoms with Gasteiger partial charge in [-0.3, -0.25) is 9.59 Å². The number of nitrogens with one attached hydrogen (secondary N) is 1. The molecular formula is C19H24N2O3S. The maximum absolute atomic E-state index is 11.9. The molecule has 134 valence electrons. The summed E-state index contributed by atoms with van der Waals surface area (Å²) >= 11 is 1.49. The summed E-state index contributed by atoms with van der Waals surface area (Å²) in [5.41, 5.74) is 2.88. The third kappa shape index (κ3) is 5.98. The standard InChI is InChI=1S/C19H24N2O3S/c1-4-15(5-2)20-17(22)11-24-18(23)10-16-12-25-19(21-16)14-8-6-13(3)7-9-14/h6-9,12,15H,4-5,10-11H2,1-3H3,(H,20,22). The van der Waals surface area contributed by atoms with E-state index in [0.717, 1.165) is 23.4 Å². The highest BCUT2D eigenvalue weighted by molar-refractivity contribution is 7.13. The first-order valence-electron chi connectivity index (χ1n) is 8.48. The SMILES string of the molecule is CCC(CC)NC(=O)COC(=O)Cc1csc(-c2ccc(C)cc2)n1. The Bertz CT molecular complexity index is 706. The lowest BCUT2D eigenvalue weighted by atomic mass is 10.2. The van der Waals surface area contributed by atoms with Crippen LogP contribution in [0.1, 0.15) is 37.9 Å². The van der Waals surface area contributed by atoms with Crippen molar-refractivity contribution in [2.24, 2.45) is 0 Å². The number of thiazole rings is 1. The lowest BCUT2D eigenvalue weighted by Gasteiger charge is -2.14. The highest BCUT2D eigenvalue weighted by atomic mass is 32.1. The van der Waals surface area contributed by atoms with Crippen molar-refractivity contribution < 1.29 is 14.3 Å². The van der Waals surface area contributed by atoms with Crippen LogP contribution < -0.4 is 5.32 Å². The van der Waals surface area contributed by atoms with Crippen molar-refractivity contribution in [1.29, 1.82) is 0 Å². The fourth-order valence-electron chi connectivity index (χ4n) is 2.32. The molecular weight excluding hydrogens is 336 g/mol. The topological polar surface area (TPSA) is 68.3 Å². The monoisotopic (exact) mass is 360 g/mol. The number of benzene rings is 1. The molecule has 0 aliphatic carbocycles. The summed E-state index contributed by atoms with van der Waals surface area (Å²) < 4.78 is 5.04. The van der Waals surface area contributed by atoms with Crippen LogP contribution >= 0.6 is 11.3 Å². The summed E-state index contributed by atoms with van der Waals surface area (Å²) in [5, 5.41) is 5.55. The van der Waals surface area contributed by atoms with Gasteiger partial charge >= 0.3 is 5.97 Å². The van der Waals surface area contributed by atoms with Gasteiger partial charge < -0.3 is 10.1 Å². The molecule has 1 amide bonds. The molecule has 0 radical (unpaired) electrons. The second-order valence-electron chi connectivity index (χ2n) is 5.93. The molecule has 0 atom stereocenters. The second-order valence-corrected chi connectivity index (χ2v) is 6.79. The molecule has 0 saturated heterocycles. The molecule has 2 rings (SSSR count). The van der Waals surface area contributed by atoms with Crippen molar-refractivity contribution in [2.75, 3.05) is 6.61 Å². The van der Waals surface area contributed by atoms with Gasteiger partial charge in [-0.15, -0.1) is 11.3 Å². The average molecular weight is 360 g/mol. The molecule has 0 aliphatic rings. The van der Waals surface area contributed by atoms with E-state index in [0.29, 0.717) is 5.69 Å². The van der Waals surface area contributed by atoms with Crippen molar-refractivity contribution in [2.45, 2.75) is 46.1 Å². The van der Waals surface area contributed by atoms with Gasteiger partial charge in [0.15, 0.2) is 6.61 Å². The largest absolute Gasteiger partial charge is 0.455 e. The predicted octanol–water partition coefficient (Wildman–Crippen LogP) is 3.51. The normalized spacial score (nSPS) is 10.7. The molecule has 0 bridgehead atoms. The summed E-state index contributed by atoms with van der Waals surface area (Å²) in [4.78, 5) is 28.1. The average Bonchev–Trinajstić information content (AvgIpc) is 3.07. The Morgan fingerprint density at radius 1 is 1.20 bits per heavy atom. The van der Waals surface area contributed by atoms with E-state index in [1.807, 2.05) is 50.4 Å². The lowest BCUT2D eigenvalue weighted by molar-refractivity contribution is -0.148. The highest BCUT2D eigenvalue weighted by Gasteiger charge is 2.13. The van der Waals surface area contributed by atoms with E-state index in [1.54, 1.807) is 0 Å². The van der Waals surface area contributed by atoms with E-state index in [-0.39, 0.29) is 25.0 Å². The van der Waals surface area contributed by atoms with Crippen LogP contribution in [-0.2, 0) is 20.7 Å². The zero-order valence-corrected chi connectivity index (χ0v) is 15.7. The molecule has 0 spiro atoms. The summed E-state index contributed by atoms with van der Waals surface area (Å²) in [6.45, 7) is 5.80. The first-order chi connectivity index (χ1) is 12.0. The molecule has 0 unspecified atom stereocenters. The van der Waals surface area contributed by atoms with E-state index in [2.05, 4.69) is 10.3 Å². The van der Waals surface area contributed by atoms with Gasteiger partial charge in [-0.05, 0) is 19.8 Å². The number of hydrogen-bond donors (Lipinski definition) is 1. The molecule has 6 heteroatoms. The van der Waals surface area contributed by atoms with Crippen LogP contribution in [0.25, 0.3) is 10.6 Å². The van der Waals surface area contributed by atoms with Crippen LogP contribution in [0.3, 0.4) is 0 Å². The Balaban J connectivity index is 1.83. The van der Waals surface area contributed by atoms with Gasteiger partial charge in [0.1, 0.15) is 5.01 Å². The lowest BCUT2D eigenvalue weighted by Crippen LogP contribution is -2.37. The molecule has 1 aromatic heterocycles. The maximum atomic E-state index is 11.9. The number of rotatable bonds is 8. The quantitative estimate of drug-likeness (QED) is 0.732. The van der Waals surface area contributed by atoms with E-state index in [9.17, 15) is 9.59 Å². The number of aromatic nitrogens is 1. The Labute approximate surface area is 152 Å². The fourth-order valence-corrected chi connectivity index (χ4v) is 3.15. The van der Waals surface area contributed by atoms with E-state index in [1.165, 1.54) is 16.9 Å². The van der Waals surface area contributed by atoms with Crippen LogP contribution in [0.2, 0.25) is 0 Å². The number of ether oxygens (including phenoxy) is 1. The number of nitrogens with zero attached hydrogens (tertiary/aromatic N) is 1. The van der Waals surface area contributed by atoms with Crippen LogP contribution in [0, 0.1) is 6.92 Å². The Morgan fingerprint density at radius 2 is 1.88 bits per heavy atom. The van der Waals surface area contributed by atoms with Crippen LogP contribution in [-0.4, -0.2) is 29.5 Å². The number of amides is 1. The van der Waals surface area contributed by atoms with Gasteiger partial charge in [0, 0.05) is 17.0 Å². The Morgan fingerprint density at radius 3 is 2.52 bits per heavy atom. The first kappa shape index (κ1) is 19.1. The van der Waals surface area contributed by atoms with Crippen LogP contribution in [0.4, 0.5) is 0 Å².